The Morgan fingerprint density at radius 2 is 2.08 bits per heavy atom. The Morgan fingerprint density at radius 3 is 2.69 bits per heavy atom. The van der Waals surface area contributed by atoms with Crippen molar-refractivity contribution in [2.75, 3.05) is 13.1 Å². The number of rotatable bonds is 1. The van der Waals surface area contributed by atoms with Crippen LogP contribution in [0.5, 0.6) is 0 Å². The lowest BCUT2D eigenvalue weighted by Gasteiger charge is -2.29. The van der Waals surface area contributed by atoms with Crippen molar-refractivity contribution in [2.24, 2.45) is 10.9 Å². The third kappa shape index (κ3) is 1.83. The molecule has 13 heavy (non-hydrogen) atoms. The molecule has 0 saturated carbocycles. The Bertz CT molecular complexity index is 236. The van der Waals surface area contributed by atoms with E-state index in [0.717, 1.165) is 0 Å². The van der Waals surface area contributed by atoms with Gasteiger partial charge in [0.2, 0.25) is 0 Å². The molecule has 0 aliphatic carbocycles. The van der Waals surface area contributed by atoms with Crippen LogP contribution in [-0.2, 0) is 0 Å². The summed E-state index contributed by atoms with van der Waals surface area (Å²) in [6, 6.07) is 0. The molecular formula is C11H18N2. The van der Waals surface area contributed by atoms with E-state index in [2.05, 4.69) is 29.8 Å². The van der Waals surface area contributed by atoms with Gasteiger partial charge in [-0.2, -0.15) is 0 Å². The van der Waals surface area contributed by atoms with E-state index in [9.17, 15) is 0 Å². The first-order valence-corrected chi connectivity index (χ1v) is 5.23. The van der Waals surface area contributed by atoms with Gasteiger partial charge in [0.25, 0.3) is 0 Å². The smallest absolute Gasteiger partial charge is 0.108 e. The maximum atomic E-state index is 4.61. The summed E-state index contributed by atoms with van der Waals surface area (Å²) in [7, 11) is 0. The Balaban J connectivity index is 2.04. The van der Waals surface area contributed by atoms with Crippen LogP contribution in [0.15, 0.2) is 16.6 Å². The second-order valence-corrected chi connectivity index (χ2v) is 4.20. The zero-order chi connectivity index (χ0) is 9.26. The van der Waals surface area contributed by atoms with Crippen LogP contribution in [0.3, 0.4) is 0 Å². The molecule has 2 heteroatoms. The second kappa shape index (κ2) is 3.62. The maximum Gasteiger partial charge on any atom is 0.108 e. The standard InChI is InChI=1S/C11H18N2/c1-9-7-10(2)11(12-8-9)13-5-3-4-6-13/h7-8,10-11H,3-6H2,1-2H3. The number of allylic oxidation sites excluding steroid dienone is 1. The van der Waals surface area contributed by atoms with Crippen LogP contribution in [0.4, 0.5) is 0 Å². The highest BCUT2D eigenvalue weighted by atomic mass is 15.3. The van der Waals surface area contributed by atoms with Crippen molar-refractivity contribution < 1.29 is 0 Å². The molecule has 2 atom stereocenters. The molecule has 0 aromatic carbocycles. The minimum atomic E-state index is 0.422. The van der Waals surface area contributed by atoms with Crippen molar-refractivity contribution in [1.82, 2.24) is 4.90 Å². The summed E-state index contributed by atoms with van der Waals surface area (Å²) < 4.78 is 0. The third-order valence-corrected chi connectivity index (χ3v) is 2.94. The molecule has 1 fully saturated rings. The summed E-state index contributed by atoms with van der Waals surface area (Å²) in [4.78, 5) is 7.11. The average molecular weight is 178 g/mol. The maximum absolute atomic E-state index is 4.61. The summed E-state index contributed by atoms with van der Waals surface area (Å²) in [5.41, 5.74) is 1.31. The van der Waals surface area contributed by atoms with Crippen molar-refractivity contribution >= 4 is 6.21 Å². The van der Waals surface area contributed by atoms with Crippen LogP contribution >= 0.6 is 0 Å². The lowest BCUT2D eigenvalue weighted by molar-refractivity contribution is 0.210. The predicted molar refractivity (Wildman–Crippen MR) is 56.0 cm³/mol. The van der Waals surface area contributed by atoms with Gasteiger partial charge in [-0.25, -0.2) is 0 Å². The number of dihydropyridines is 1. The molecular weight excluding hydrogens is 160 g/mol. The molecule has 2 unspecified atom stereocenters. The quantitative estimate of drug-likeness (QED) is 0.600. The molecule has 0 bridgehead atoms. The van der Waals surface area contributed by atoms with Crippen LogP contribution in [0, 0.1) is 5.92 Å². The molecule has 0 aromatic rings. The van der Waals surface area contributed by atoms with Gasteiger partial charge in [-0.1, -0.05) is 13.0 Å². The van der Waals surface area contributed by atoms with E-state index in [1.165, 1.54) is 31.5 Å². The number of hydrogen-bond donors (Lipinski definition) is 0. The molecule has 2 aliphatic rings. The number of hydrogen-bond acceptors (Lipinski definition) is 2. The van der Waals surface area contributed by atoms with Crippen molar-refractivity contribution in [3.63, 3.8) is 0 Å². The van der Waals surface area contributed by atoms with Crippen molar-refractivity contribution in [2.45, 2.75) is 32.9 Å². The molecule has 0 aromatic heterocycles. The largest absolute Gasteiger partial charge is 0.281 e. The van der Waals surface area contributed by atoms with Crippen molar-refractivity contribution in [3.8, 4) is 0 Å². The highest BCUT2D eigenvalue weighted by Crippen LogP contribution is 2.22. The van der Waals surface area contributed by atoms with E-state index in [1.807, 2.05) is 6.21 Å². The molecule has 0 N–H and O–H groups in total. The average Bonchev–Trinajstić information content (AvgIpc) is 2.56. The summed E-state index contributed by atoms with van der Waals surface area (Å²) in [6.07, 6.45) is 7.47. The SMILES string of the molecule is CC1=CC(C)C(N2CCCC2)N=C1. The minimum Gasteiger partial charge on any atom is -0.281 e. The van der Waals surface area contributed by atoms with Gasteiger partial charge in [0, 0.05) is 25.2 Å². The van der Waals surface area contributed by atoms with Gasteiger partial charge in [-0.15, -0.1) is 0 Å². The first-order valence-electron chi connectivity index (χ1n) is 5.23. The lowest BCUT2D eigenvalue weighted by Crippen LogP contribution is -2.37. The first kappa shape index (κ1) is 8.95. The molecule has 1 saturated heterocycles. The topological polar surface area (TPSA) is 15.6 Å². The number of likely N-dealkylation sites (tertiary alicyclic amines) is 1. The van der Waals surface area contributed by atoms with Crippen LogP contribution in [0.25, 0.3) is 0 Å². The fourth-order valence-corrected chi connectivity index (χ4v) is 2.31. The Morgan fingerprint density at radius 1 is 1.38 bits per heavy atom. The fourth-order valence-electron chi connectivity index (χ4n) is 2.31. The Hall–Kier alpha value is -0.630. The van der Waals surface area contributed by atoms with E-state index in [0.29, 0.717) is 12.1 Å². The molecule has 0 spiro atoms. The molecule has 0 radical (unpaired) electrons. The molecule has 0 amide bonds. The predicted octanol–water partition coefficient (Wildman–Crippen LogP) is 2.08. The molecule has 2 aliphatic heterocycles. The van der Waals surface area contributed by atoms with Gasteiger partial charge < -0.3 is 0 Å². The van der Waals surface area contributed by atoms with Gasteiger partial charge in [0.1, 0.15) is 6.17 Å². The number of aliphatic imine (C=N–C) groups is 1. The minimum absolute atomic E-state index is 0.422. The summed E-state index contributed by atoms with van der Waals surface area (Å²) in [5, 5.41) is 0. The monoisotopic (exact) mass is 178 g/mol. The zero-order valence-corrected chi connectivity index (χ0v) is 8.53. The first-order chi connectivity index (χ1) is 6.27. The van der Waals surface area contributed by atoms with Gasteiger partial charge in [0.05, 0.1) is 0 Å². The van der Waals surface area contributed by atoms with E-state index < -0.39 is 0 Å². The van der Waals surface area contributed by atoms with Crippen molar-refractivity contribution in [3.05, 3.63) is 11.6 Å². The van der Waals surface area contributed by atoms with Crippen LogP contribution in [0.1, 0.15) is 26.7 Å². The lowest BCUT2D eigenvalue weighted by atomic mass is 10.0. The Labute approximate surface area is 80.3 Å². The van der Waals surface area contributed by atoms with Gasteiger partial charge in [-0.05, 0) is 25.3 Å². The normalized spacial score (nSPS) is 35.1. The van der Waals surface area contributed by atoms with E-state index in [1.54, 1.807) is 0 Å². The van der Waals surface area contributed by atoms with Crippen LogP contribution < -0.4 is 0 Å². The molecule has 2 rings (SSSR count). The van der Waals surface area contributed by atoms with E-state index in [-0.39, 0.29) is 0 Å². The van der Waals surface area contributed by atoms with Crippen LogP contribution in [-0.4, -0.2) is 30.4 Å². The van der Waals surface area contributed by atoms with Gasteiger partial charge in [0.15, 0.2) is 0 Å². The molecule has 72 valence electrons. The summed E-state index contributed by atoms with van der Waals surface area (Å²) >= 11 is 0. The van der Waals surface area contributed by atoms with Crippen LogP contribution in [0.2, 0.25) is 0 Å². The highest BCUT2D eigenvalue weighted by Gasteiger charge is 2.26. The fraction of sp³-hybridized carbons (Fsp3) is 0.727. The zero-order valence-electron chi connectivity index (χ0n) is 8.53. The number of nitrogens with zero attached hydrogens (tertiary/aromatic N) is 2. The molecule has 2 heterocycles. The van der Waals surface area contributed by atoms with Gasteiger partial charge >= 0.3 is 0 Å². The van der Waals surface area contributed by atoms with Crippen molar-refractivity contribution in [1.29, 1.82) is 0 Å². The summed E-state index contributed by atoms with van der Waals surface area (Å²) in [5.74, 6) is 0.586. The van der Waals surface area contributed by atoms with Gasteiger partial charge in [-0.3, -0.25) is 9.89 Å². The van der Waals surface area contributed by atoms with E-state index >= 15 is 0 Å². The van der Waals surface area contributed by atoms with E-state index in [4.69, 9.17) is 0 Å². The molecule has 2 nitrogen and oxygen atoms in total. The third-order valence-electron chi connectivity index (χ3n) is 2.94. The second-order valence-electron chi connectivity index (χ2n) is 4.20. The highest BCUT2D eigenvalue weighted by molar-refractivity contribution is 5.78. The Kier molecular flexibility index (Phi) is 2.49. The summed E-state index contributed by atoms with van der Waals surface area (Å²) in [6.45, 7) is 6.86.